The molecule has 0 aliphatic heterocycles. The van der Waals surface area contributed by atoms with Gasteiger partial charge in [-0.05, 0) is 44.8 Å². The van der Waals surface area contributed by atoms with Gasteiger partial charge in [-0.15, -0.1) is 0 Å². The Kier molecular flexibility index (Phi) is 4.48. The third-order valence-electron chi connectivity index (χ3n) is 3.50. The Bertz CT molecular complexity index is 834. The molecule has 5 heteroatoms. The molecule has 0 saturated heterocycles. The lowest BCUT2D eigenvalue weighted by molar-refractivity contribution is 0.275. The van der Waals surface area contributed by atoms with E-state index in [2.05, 4.69) is 4.90 Å². The number of hydrogen-bond acceptors (Lipinski definition) is 5. The van der Waals surface area contributed by atoms with E-state index >= 15 is 0 Å². The molecule has 0 amide bonds. The molecule has 0 aliphatic carbocycles. The molecular formula is C18H19NO4. The van der Waals surface area contributed by atoms with Crippen molar-refractivity contribution in [3.8, 4) is 17.3 Å². The average Bonchev–Trinajstić information content (AvgIpc) is 3.07. The Morgan fingerprint density at radius 2 is 1.96 bits per heavy atom. The van der Waals surface area contributed by atoms with Crippen molar-refractivity contribution in [2.24, 2.45) is 0 Å². The van der Waals surface area contributed by atoms with Gasteiger partial charge in [0.15, 0.2) is 5.76 Å². The van der Waals surface area contributed by atoms with Crippen LogP contribution in [0.4, 0.5) is 0 Å². The van der Waals surface area contributed by atoms with Crippen LogP contribution in [0, 0.1) is 0 Å². The average molecular weight is 313 g/mol. The highest BCUT2D eigenvalue weighted by molar-refractivity contribution is 5.81. The van der Waals surface area contributed by atoms with Gasteiger partial charge in [0.25, 0.3) is 0 Å². The molecule has 0 radical (unpaired) electrons. The zero-order chi connectivity index (χ0) is 16.2. The van der Waals surface area contributed by atoms with Crippen LogP contribution in [0.2, 0.25) is 0 Å². The molecule has 120 valence electrons. The van der Waals surface area contributed by atoms with E-state index in [0.717, 1.165) is 13.0 Å². The van der Waals surface area contributed by atoms with Crippen LogP contribution >= 0.6 is 0 Å². The maximum atomic E-state index is 12.7. The molecule has 5 nitrogen and oxygen atoms in total. The number of benzene rings is 1. The van der Waals surface area contributed by atoms with Crippen molar-refractivity contribution in [1.29, 1.82) is 0 Å². The number of hydrogen-bond donors (Lipinski definition) is 0. The van der Waals surface area contributed by atoms with Crippen molar-refractivity contribution in [3.63, 3.8) is 0 Å². The third kappa shape index (κ3) is 3.29. The predicted octanol–water partition coefficient (Wildman–Crippen LogP) is 3.38. The lowest BCUT2D eigenvalue weighted by Gasteiger charge is -2.12. The van der Waals surface area contributed by atoms with E-state index in [1.807, 2.05) is 26.2 Å². The smallest absolute Gasteiger partial charge is 0.235 e. The Balaban J connectivity index is 2.01. The van der Waals surface area contributed by atoms with Gasteiger partial charge in [0.1, 0.15) is 5.58 Å². The number of rotatable bonds is 6. The number of nitrogens with zero attached hydrogens (tertiary/aromatic N) is 1. The van der Waals surface area contributed by atoms with E-state index in [9.17, 15) is 4.79 Å². The van der Waals surface area contributed by atoms with Gasteiger partial charge in [-0.1, -0.05) is 12.1 Å². The highest BCUT2D eigenvalue weighted by Crippen LogP contribution is 2.31. The van der Waals surface area contributed by atoms with Crippen LogP contribution in [0.5, 0.6) is 5.75 Å². The summed E-state index contributed by atoms with van der Waals surface area (Å²) >= 11 is 0. The molecule has 2 heterocycles. The van der Waals surface area contributed by atoms with Gasteiger partial charge in [-0.2, -0.15) is 0 Å². The Hall–Kier alpha value is -2.53. The van der Waals surface area contributed by atoms with Crippen molar-refractivity contribution in [2.75, 3.05) is 27.2 Å². The van der Waals surface area contributed by atoms with Crippen LogP contribution in [-0.4, -0.2) is 32.1 Å². The fraction of sp³-hybridized carbons (Fsp3) is 0.278. The standard InChI is InChI=1S/C18H19NO4/c1-19(2)10-6-12-22-18-16(20)13-7-3-4-8-14(13)23-17(18)15-9-5-11-21-15/h3-5,7-9,11H,6,10,12H2,1-2H3. The highest BCUT2D eigenvalue weighted by atomic mass is 16.5. The fourth-order valence-electron chi connectivity index (χ4n) is 2.38. The van der Waals surface area contributed by atoms with Gasteiger partial charge in [-0.25, -0.2) is 0 Å². The van der Waals surface area contributed by atoms with Crippen LogP contribution in [0.15, 0.2) is 56.3 Å². The van der Waals surface area contributed by atoms with Gasteiger partial charge in [0.05, 0.1) is 18.3 Å². The Morgan fingerprint density at radius 1 is 1.13 bits per heavy atom. The maximum absolute atomic E-state index is 12.7. The molecule has 3 rings (SSSR count). The van der Waals surface area contributed by atoms with Gasteiger partial charge in [0, 0.05) is 6.54 Å². The van der Waals surface area contributed by atoms with Crippen molar-refractivity contribution in [2.45, 2.75) is 6.42 Å². The Morgan fingerprint density at radius 3 is 2.70 bits per heavy atom. The molecule has 0 spiro atoms. The summed E-state index contributed by atoms with van der Waals surface area (Å²) in [7, 11) is 4.00. The normalized spacial score (nSPS) is 11.3. The van der Waals surface area contributed by atoms with E-state index in [0.29, 0.717) is 29.1 Å². The van der Waals surface area contributed by atoms with E-state index in [1.165, 1.54) is 0 Å². The zero-order valence-corrected chi connectivity index (χ0v) is 13.2. The molecule has 3 aromatic rings. The topological polar surface area (TPSA) is 55.8 Å². The first kappa shape index (κ1) is 15.4. The summed E-state index contributed by atoms with van der Waals surface area (Å²) < 4.78 is 17.0. The lowest BCUT2D eigenvalue weighted by atomic mass is 10.2. The van der Waals surface area contributed by atoms with Crippen LogP contribution < -0.4 is 10.2 Å². The molecular weight excluding hydrogens is 294 g/mol. The third-order valence-corrected chi connectivity index (χ3v) is 3.50. The molecule has 0 unspecified atom stereocenters. The first-order valence-corrected chi connectivity index (χ1v) is 7.54. The monoisotopic (exact) mass is 313 g/mol. The Labute approximate surface area is 134 Å². The zero-order valence-electron chi connectivity index (χ0n) is 13.2. The second-order valence-electron chi connectivity index (χ2n) is 5.57. The molecule has 0 bridgehead atoms. The largest absolute Gasteiger partial charge is 0.486 e. The van der Waals surface area contributed by atoms with Crippen LogP contribution in [0.25, 0.3) is 22.5 Å². The minimum absolute atomic E-state index is 0.178. The second-order valence-corrected chi connectivity index (χ2v) is 5.57. The SMILES string of the molecule is CN(C)CCCOc1c(-c2ccco2)oc2ccccc2c1=O. The van der Waals surface area contributed by atoms with Crippen LogP contribution in [-0.2, 0) is 0 Å². The molecule has 0 saturated carbocycles. The molecule has 23 heavy (non-hydrogen) atoms. The first-order valence-electron chi connectivity index (χ1n) is 7.54. The number of fused-ring (bicyclic) bond motifs is 1. The summed E-state index contributed by atoms with van der Waals surface area (Å²) in [5.41, 5.74) is 0.340. The van der Waals surface area contributed by atoms with Crippen LogP contribution in [0.1, 0.15) is 6.42 Å². The van der Waals surface area contributed by atoms with Gasteiger partial charge in [-0.3, -0.25) is 4.79 Å². The minimum atomic E-state index is -0.178. The molecule has 0 aliphatic rings. The van der Waals surface area contributed by atoms with Crippen molar-refractivity contribution >= 4 is 11.0 Å². The van der Waals surface area contributed by atoms with Crippen molar-refractivity contribution in [3.05, 3.63) is 52.9 Å². The number of furan rings is 1. The predicted molar refractivity (Wildman–Crippen MR) is 88.9 cm³/mol. The maximum Gasteiger partial charge on any atom is 0.235 e. The first-order chi connectivity index (χ1) is 11.2. The fourth-order valence-corrected chi connectivity index (χ4v) is 2.38. The van der Waals surface area contributed by atoms with Crippen LogP contribution in [0.3, 0.4) is 0 Å². The second kappa shape index (κ2) is 6.71. The van der Waals surface area contributed by atoms with Crippen molar-refractivity contribution < 1.29 is 13.6 Å². The molecule has 2 aromatic heterocycles. The van der Waals surface area contributed by atoms with E-state index in [-0.39, 0.29) is 11.2 Å². The van der Waals surface area contributed by atoms with Gasteiger partial charge < -0.3 is 18.5 Å². The summed E-state index contributed by atoms with van der Waals surface area (Å²) in [6, 6.07) is 10.6. The molecule has 1 aromatic carbocycles. The number of ether oxygens (including phenoxy) is 1. The van der Waals surface area contributed by atoms with E-state index in [1.54, 1.807) is 30.5 Å². The highest BCUT2D eigenvalue weighted by Gasteiger charge is 2.19. The summed E-state index contributed by atoms with van der Waals surface area (Å²) in [5, 5.41) is 0.505. The molecule has 0 fully saturated rings. The summed E-state index contributed by atoms with van der Waals surface area (Å²) in [5.74, 6) is 1.02. The van der Waals surface area contributed by atoms with Crippen molar-refractivity contribution in [1.82, 2.24) is 4.90 Å². The minimum Gasteiger partial charge on any atom is -0.486 e. The summed E-state index contributed by atoms with van der Waals surface area (Å²) in [6.07, 6.45) is 2.36. The lowest BCUT2D eigenvalue weighted by Crippen LogP contribution is -2.17. The summed E-state index contributed by atoms with van der Waals surface area (Å²) in [4.78, 5) is 14.8. The number of para-hydroxylation sites is 1. The van der Waals surface area contributed by atoms with E-state index in [4.69, 9.17) is 13.6 Å². The van der Waals surface area contributed by atoms with E-state index < -0.39 is 0 Å². The quantitative estimate of drug-likeness (QED) is 0.653. The van der Waals surface area contributed by atoms with Gasteiger partial charge >= 0.3 is 0 Å². The molecule has 0 atom stereocenters. The molecule has 0 N–H and O–H groups in total. The van der Waals surface area contributed by atoms with Gasteiger partial charge in [0.2, 0.25) is 16.9 Å². The summed E-state index contributed by atoms with van der Waals surface area (Å²) in [6.45, 7) is 1.32.